The van der Waals surface area contributed by atoms with E-state index in [-0.39, 0.29) is 6.04 Å². The lowest BCUT2D eigenvalue weighted by molar-refractivity contribution is 0.649. The Morgan fingerprint density at radius 3 is 2.75 bits per heavy atom. The quantitative estimate of drug-likeness (QED) is 0.835. The minimum absolute atomic E-state index is 0.216. The molecule has 0 aliphatic rings. The monoisotopic (exact) mass is 335 g/mol. The lowest BCUT2D eigenvalue weighted by atomic mass is 10.2. The summed E-state index contributed by atoms with van der Waals surface area (Å²) in [6.45, 7) is 3.03. The summed E-state index contributed by atoms with van der Waals surface area (Å²) in [5, 5.41) is 6.35. The largest absolute Gasteiger partial charge is 0.305 e. The molecule has 2 rings (SSSR count). The Balaban J connectivity index is 2.34. The van der Waals surface area contributed by atoms with Crippen LogP contribution in [0.2, 0.25) is 5.02 Å². The third kappa shape index (κ3) is 2.68. The van der Waals surface area contributed by atoms with Gasteiger partial charge in [0.1, 0.15) is 0 Å². The van der Waals surface area contributed by atoms with Gasteiger partial charge in [0, 0.05) is 9.75 Å². The summed E-state index contributed by atoms with van der Waals surface area (Å²) in [6.07, 6.45) is 0. The molecular weight excluding hydrogens is 326 g/mol. The molecule has 1 unspecified atom stereocenters. The van der Waals surface area contributed by atoms with Gasteiger partial charge in [-0.05, 0) is 46.1 Å². The molecule has 1 N–H and O–H groups in total. The first-order valence-corrected chi connectivity index (χ1v) is 7.80. The summed E-state index contributed by atoms with van der Waals surface area (Å²) in [7, 11) is 0. The van der Waals surface area contributed by atoms with Gasteiger partial charge in [0.2, 0.25) is 0 Å². The number of rotatable bonds is 4. The molecule has 0 radical (unpaired) electrons. The van der Waals surface area contributed by atoms with E-state index in [0.717, 1.165) is 15.4 Å². The zero-order chi connectivity index (χ0) is 11.5. The van der Waals surface area contributed by atoms with Gasteiger partial charge in [0.25, 0.3) is 0 Å². The Morgan fingerprint density at radius 1 is 1.44 bits per heavy atom. The maximum absolute atomic E-state index is 6.19. The molecular formula is C11H11BrClNS2. The predicted octanol–water partition coefficient (Wildman–Crippen LogP) is 4.92. The van der Waals surface area contributed by atoms with Crippen LogP contribution in [-0.2, 0) is 0 Å². The Morgan fingerprint density at radius 2 is 2.25 bits per heavy atom. The fourth-order valence-electron chi connectivity index (χ4n) is 1.52. The minimum Gasteiger partial charge on any atom is -0.305 e. The molecule has 0 spiro atoms. The molecule has 0 bridgehead atoms. The summed E-state index contributed by atoms with van der Waals surface area (Å²) in [6, 6.07) is 6.38. The van der Waals surface area contributed by atoms with Crippen LogP contribution in [-0.4, -0.2) is 6.54 Å². The van der Waals surface area contributed by atoms with Gasteiger partial charge >= 0.3 is 0 Å². The normalized spacial score (nSPS) is 12.9. The summed E-state index contributed by atoms with van der Waals surface area (Å²) in [5.74, 6) is 0. The topological polar surface area (TPSA) is 12.0 Å². The molecule has 1 nitrogen and oxygen atoms in total. The molecule has 0 aliphatic heterocycles. The molecule has 2 heterocycles. The first-order chi connectivity index (χ1) is 7.72. The van der Waals surface area contributed by atoms with E-state index < -0.39 is 0 Å². The van der Waals surface area contributed by atoms with E-state index in [1.165, 1.54) is 9.75 Å². The van der Waals surface area contributed by atoms with Gasteiger partial charge in [-0.3, -0.25) is 0 Å². The van der Waals surface area contributed by atoms with Crippen molar-refractivity contribution >= 4 is 50.2 Å². The molecule has 0 fully saturated rings. The first kappa shape index (κ1) is 12.6. The molecule has 2 aromatic heterocycles. The molecule has 0 aliphatic carbocycles. The smallest absolute Gasteiger partial charge is 0.0780 e. The average molecular weight is 337 g/mol. The van der Waals surface area contributed by atoms with Crippen LogP contribution >= 0.6 is 50.2 Å². The molecule has 0 aromatic carbocycles. The van der Waals surface area contributed by atoms with Crippen LogP contribution in [0.25, 0.3) is 0 Å². The SMILES string of the molecule is CCNC(c1ccc(Br)s1)c1sccc1Cl. The highest BCUT2D eigenvalue weighted by molar-refractivity contribution is 9.11. The van der Waals surface area contributed by atoms with Crippen molar-refractivity contribution in [2.45, 2.75) is 13.0 Å². The molecule has 0 amide bonds. The predicted molar refractivity (Wildman–Crippen MR) is 76.9 cm³/mol. The van der Waals surface area contributed by atoms with Crippen molar-refractivity contribution in [2.24, 2.45) is 0 Å². The van der Waals surface area contributed by atoms with Crippen molar-refractivity contribution < 1.29 is 0 Å². The Kier molecular flexibility index (Phi) is 4.44. The Hall–Kier alpha value is 0.130. The summed E-state index contributed by atoms with van der Waals surface area (Å²) >= 11 is 13.1. The fraction of sp³-hybridized carbons (Fsp3) is 0.273. The zero-order valence-corrected chi connectivity index (χ0v) is 12.6. The van der Waals surface area contributed by atoms with Crippen molar-refractivity contribution in [3.05, 3.63) is 42.1 Å². The highest BCUT2D eigenvalue weighted by Crippen LogP contribution is 2.36. The number of nitrogens with one attached hydrogen (secondary N) is 1. The third-order valence-corrected chi connectivity index (χ3v) is 5.31. The van der Waals surface area contributed by atoms with Gasteiger partial charge in [0.05, 0.1) is 14.9 Å². The second kappa shape index (κ2) is 5.65. The molecule has 1 atom stereocenters. The molecule has 86 valence electrons. The maximum atomic E-state index is 6.19. The van der Waals surface area contributed by atoms with Crippen LogP contribution in [0.5, 0.6) is 0 Å². The van der Waals surface area contributed by atoms with Crippen molar-refractivity contribution in [2.75, 3.05) is 6.54 Å². The molecule has 0 saturated carbocycles. The van der Waals surface area contributed by atoms with Crippen molar-refractivity contribution in [3.8, 4) is 0 Å². The van der Waals surface area contributed by atoms with E-state index in [9.17, 15) is 0 Å². The number of hydrogen-bond donors (Lipinski definition) is 1. The van der Waals surface area contributed by atoms with E-state index in [4.69, 9.17) is 11.6 Å². The van der Waals surface area contributed by atoms with E-state index in [1.54, 1.807) is 22.7 Å². The molecule has 16 heavy (non-hydrogen) atoms. The second-order valence-electron chi connectivity index (χ2n) is 3.27. The minimum atomic E-state index is 0.216. The fourth-order valence-corrected chi connectivity index (χ4v) is 4.36. The summed E-state index contributed by atoms with van der Waals surface area (Å²) in [4.78, 5) is 2.48. The first-order valence-electron chi connectivity index (χ1n) is 4.94. The number of halogens is 2. The van der Waals surface area contributed by atoms with E-state index in [1.807, 2.05) is 11.4 Å². The summed E-state index contributed by atoms with van der Waals surface area (Å²) < 4.78 is 1.15. The van der Waals surface area contributed by atoms with Crippen LogP contribution in [0.15, 0.2) is 27.4 Å². The van der Waals surface area contributed by atoms with E-state index in [2.05, 4.69) is 40.3 Å². The highest BCUT2D eigenvalue weighted by atomic mass is 79.9. The van der Waals surface area contributed by atoms with Gasteiger partial charge in [-0.15, -0.1) is 22.7 Å². The zero-order valence-electron chi connectivity index (χ0n) is 8.67. The van der Waals surface area contributed by atoms with Crippen molar-refractivity contribution in [1.82, 2.24) is 5.32 Å². The van der Waals surface area contributed by atoms with Crippen LogP contribution in [0.1, 0.15) is 22.7 Å². The highest BCUT2D eigenvalue weighted by Gasteiger charge is 2.18. The van der Waals surface area contributed by atoms with Gasteiger partial charge in [-0.2, -0.15) is 0 Å². The van der Waals surface area contributed by atoms with Crippen molar-refractivity contribution in [3.63, 3.8) is 0 Å². The van der Waals surface area contributed by atoms with Gasteiger partial charge in [-0.25, -0.2) is 0 Å². The second-order valence-corrected chi connectivity index (χ2v) is 7.11. The van der Waals surface area contributed by atoms with Crippen molar-refractivity contribution in [1.29, 1.82) is 0 Å². The van der Waals surface area contributed by atoms with Gasteiger partial charge in [-0.1, -0.05) is 18.5 Å². The van der Waals surface area contributed by atoms with Gasteiger partial charge < -0.3 is 5.32 Å². The lowest BCUT2D eigenvalue weighted by Crippen LogP contribution is -2.20. The van der Waals surface area contributed by atoms with Crippen LogP contribution in [0.3, 0.4) is 0 Å². The van der Waals surface area contributed by atoms with E-state index >= 15 is 0 Å². The van der Waals surface area contributed by atoms with E-state index in [0.29, 0.717) is 0 Å². The number of hydrogen-bond acceptors (Lipinski definition) is 3. The third-order valence-electron chi connectivity index (χ3n) is 2.19. The molecule has 0 saturated heterocycles. The molecule has 5 heteroatoms. The van der Waals surface area contributed by atoms with Crippen LogP contribution < -0.4 is 5.32 Å². The van der Waals surface area contributed by atoms with Crippen LogP contribution in [0.4, 0.5) is 0 Å². The standard InChI is InChI=1S/C11H11BrClNS2/c1-2-14-10(8-3-4-9(12)16-8)11-7(13)5-6-15-11/h3-6,10,14H,2H2,1H3. The maximum Gasteiger partial charge on any atom is 0.0780 e. The Bertz CT molecular complexity index is 466. The average Bonchev–Trinajstić information content (AvgIpc) is 2.84. The van der Waals surface area contributed by atoms with Gasteiger partial charge in [0.15, 0.2) is 0 Å². The lowest BCUT2D eigenvalue weighted by Gasteiger charge is -2.15. The summed E-state index contributed by atoms with van der Waals surface area (Å²) in [5.41, 5.74) is 0. The Labute approximate surface area is 117 Å². The number of thiophene rings is 2. The van der Waals surface area contributed by atoms with Crippen LogP contribution in [0, 0.1) is 0 Å². The molecule has 2 aromatic rings.